The predicted octanol–water partition coefficient (Wildman–Crippen LogP) is 0.338. The van der Waals surface area contributed by atoms with Crippen LogP contribution < -0.4 is 5.73 Å². The molecule has 2 rings (SSSR count). The van der Waals surface area contributed by atoms with E-state index in [-0.39, 0.29) is 11.5 Å². The zero-order valence-corrected chi connectivity index (χ0v) is 8.59. The second kappa shape index (κ2) is 3.10. The quantitative estimate of drug-likeness (QED) is 0.772. The van der Waals surface area contributed by atoms with E-state index in [1.165, 1.54) is 0 Å². The monoisotopic (exact) mass is 215 g/mol. The number of nitrogens with two attached hydrogens (primary N) is 1. The topological polar surface area (TPSA) is 73.3 Å². The van der Waals surface area contributed by atoms with Gasteiger partial charge < -0.3 is 10.2 Å². The van der Waals surface area contributed by atoms with Crippen LogP contribution >= 0.6 is 0 Å². The van der Waals surface area contributed by atoms with E-state index in [1.807, 2.05) is 6.07 Å². The average molecular weight is 215 g/mol. The smallest absolute Gasteiger partial charge is 0.152 e. The number of hydrogen-bond acceptors (Lipinski definition) is 4. The van der Waals surface area contributed by atoms with E-state index in [9.17, 15) is 8.42 Å². The van der Waals surface area contributed by atoms with Crippen LogP contribution in [0.5, 0.6) is 0 Å². The van der Waals surface area contributed by atoms with Gasteiger partial charge in [0.2, 0.25) is 0 Å². The summed E-state index contributed by atoms with van der Waals surface area (Å²) < 4.78 is 27.5. The van der Waals surface area contributed by atoms with Crippen LogP contribution in [-0.4, -0.2) is 25.5 Å². The summed E-state index contributed by atoms with van der Waals surface area (Å²) in [6.07, 6.45) is 4.30. The summed E-state index contributed by atoms with van der Waals surface area (Å²) in [5.41, 5.74) is 6.37. The van der Waals surface area contributed by atoms with Crippen molar-refractivity contribution in [3.63, 3.8) is 0 Å². The lowest BCUT2D eigenvalue weighted by Gasteiger charge is -2.20. The molecule has 0 saturated carbocycles. The lowest BCUT2D eigenvalue weighted by atomic mass is 9.93. The van der Waals surface area contributed by atoms with Gasteiger partial charge in [-0.1, -0.05) is 0 Å². The molecule has 2 N–H and O–H groups in total. The van der Waals surface area contributed by atoms with Gasteiger partial charge in [-0.05, 0) is 24.5 Å². The summed E-state index contributed by atoms with van der Waals surface area (Å²) in [4.78, 5) is 0. The molecular weight excluding hydrogens is 202 g/mol. The van der Waals surface area contributed by atoms with Crippen LogP contribution in [0.3, 0.4) is 0 Å². The van der Waals surface area contributed by atoms with E-state index in [4.69, 9.17) is 10.2 Å². The summed E-state index contributed by atoms with van der Waals surface area (Å²) >= 11 is 0. The Morgan fingerprint density at radius 3 is 2.86 bits per heavy atom. The van der Waals surface area contributed by atoms with Crippen LogP contribution in [0.2, 0.25) is 0 Å². The molecule has 2 heterocycles. The molecule has 1 saturated heterocycles. The maximum absolute atomic E-state index is 11.3. The van der Waals surface area contributed by atoms with Gasteiger partial charge in [-0.15, -0.1) is 0 Å². The molecule has 1 aliphatic rings. The summed E-state index contributed by atoms with van der Waals surface area (Å²) in [7, 11) is -2.91. The lowest BCUT2D eigenvalue weighted by molar-refractivity contribution is 0.472. The fourth-order valence-corrected chi connectivity index (χ4v) is 3.86. The number of sulfone groups is 1. The molecule has 0 aliphatic carbocycles. The Kier molecular flexibility index (Phi) is 2.16. The summed E-state index contributed by atoms with van der Waals surface area (Å²) in [5.74, 6) is 0.298. The van der Waals surface area contributed by atoms with Gasteiger partial charge in [-0.25, -0.2) is 8.42 Å². The highest BCUT2D eigenvalue weighted by Crippen LogP contribution is 2.24. The minimum absolute atomic E-state index is 0.0885. The summed E-state index contributed by atoms with van der Waals surface area (Å²) in [6, 6.07) is 1.82. The molecule has 0 spiro atoms. The van der Waals surface area contributed by atoms with Crippen LogP contribution in [0.1, 0.15) is 12.0 Å². The Morgan fingerprint density at radius 2 is 2.36 bits per heavy atom. The van der Waals surface area contributed by atoms with Crippen molar-refractivity contribution in [2.24, 2.45) is 5.73 Å². The molecular formula is C9H13NO3S. The third-order valence-electron chi connectivity index (χ3n) is 2.55. The number of furan rings is 1. The molecule has 1 aromatic heterocycles. The van der Waals surface area contributed by atoms with Gasteiger partial charge in [0.15, 0.2) is 9.84 Å². The first-order valence-electron chi connectivity index (χ1n) is 4.50. The van der Waals surface area contributed by atoms with Crippen LogP contribution in [0.4, 0.5) is 0 Å². The van der Waals surface area contributed by atoms with Crippen molar-refractivity contribution >= 4 is 9.84 Å². The molecule has 1 aromatic rings. The van der Waals surface area contributed by atoms with Crippen molar-refractivity contribution in [1.29, 1.82) is 0 Å². The highest BCUT2D eigenvalue weighted by Gasteiger charge is 2.39. The van der Waals surface area contributed by atoms with Crippen molar-refractivity contribution < 1.29 is 12.8 Å². The van der Waals surface area contributed by atoms with Crippen LogP contribution in [0.15, 0.2) is 23.0 Å². The molecule has 5 heteroatoms. The van der Waals surface area contributed by atoms with Crippen LogP contribution in [-0.2, 0) is 16.3 Å². The van der Waals surface area contributed by atoms with E-state index < -0.39 is 15.4 Å². The predicted molar refractivity (Wildman–Crippen MR) is 52.6 cm³/mol. The van der Waals surface area contributed by atoms with Crippen molar-refractivity contribution in [3.05, 3.63) is 24.2 Å². The maximum atomic E-state index is 11.3. The third kappa shape index (κ3) is 1.99. The van der Waals surface area contributed by atoms with E-state index in [0.29, 0.717) is 12.8 Å². The molecule has 0 aromatic carbocycles. The van der Waals surface area contributed by atoms with Crippen molar-refractivity contribution in [2.45, 2.75) is 18.4 Å². The third-order valence-corrected chi connectivity index (χ3v) is 4.40. The molecule has 14 heavy (non-hydrogen) atoms. The zero-order chi connectivity index (χ0) is 10.2. The Hall–Kier alpha value is -0.810. The molecule has 78 valence electrons. The second-order valence-electron chi connectivity index (χ2n) is 4.01. The van der Waals surface area contributed by atoms with E-state index in [0.717, 1.165) is 5.56 Å². The highest BCUT2D eigenvalue weighted by molar-refractivity contribution is 7.91. The van der Waals surface area contributed by atoms with Crippen LogP contribution in [0.25, 0.3) is 0 Å². The molecule has 1 aliphatic heterocycles. The average Bonchev–Trinajstić information content (AvgIpc) is 2.60. The van der Waals surface area contributed by atoms with E-state index in [1.54, 1.807) is 12.5 Å². The van der Waals surface area contributed by atoms with Gasteiger partial charge in [0, 0.05) is 5.54 Å². The minimum Gasteiger partial charge on any atom is -0.472 e. The standard InChI is InChI=1S/C9H13NO3S/c10-9(2-4-14(11,12)7-9)5-8-1-3-13-6-8/h1,3,6H,2,4-5,7,10H2. The lowest BCUT2D eigenvalue weighted by Crippen LogP contribution is -2.43. The fraction of sp³-hybridized carbons (Fsp3) is 0.556. The van der Waals surface area contributed by atoms with Crippen LogP contribution in [0, 0.1) is 0 Å². The van der Waals surface area contributed by atoms with Gasteiger partial charge >= 0.3 is 0 Å². The highest BCUT2D eigenvalue weighted by atomic mass is 32.2. The molecule has 1 fully saturated rings. The van der Waals surface area contributed by atoms with Gasteiger partial charge in [-0.2, -0.15) is 0 Å². The fourth-order valence-electron chi connectivity index (χ4n) is 1.88. The molecule has 0 bridgehead atoms. The van der Waals surface area contributed by atoms with E-state index in [2.05, 4.69) is 0 Å². The van der Waals surface area contributed by atoms with Crippen molar-refractivity contribution in [3.8, 4) is 0 Å². The molecule has 0 amide bonds. The largest absolute Gasteiger partial charge is 0.472 e. The van der Waals surface area contributed by atoms with Crippen molar-refractivity contribution in [2.75, 3.05) is 11.5 Å². The first-order chi connectivity index (χ1) is 6.49. The molecule has 0 radical (unpaired) electrons. The SMILES string of the molecule is NC1(Cc2ccoc2)CCS(=O)(=O)C1. The molecule has 1 unspecified atom stereocenters. The molecule has 4 nitrogen and oxygen atoms in total. The number of hydrogen-bond donors (Lipinski definition) is 1. The Bertz CT molecular complexity index is 409. The number of rotatable bonds is 2. The summed E-state index contributed by atoms with van der Waals surface area (Å²) in [6.45, 7) is 0. The Labute approximate surface area is 83.0 Å². The van der Waals surface area contributed by atoms with Crippen molar-refractivity contribution in [1.82, 2.24) is 0 Å². The minimum atomic E-state index is -2.91. The first kappa shape index (κ1) is 9.73. The molecule has 1 atom stereocenters. The van der Waals surface area contributed by atoms with E-state index >= 15 is 0 Å². The van der Waals surface area contributed by atoms with Gasteiger partial charge in [0.1, 0.15) is 0 Å². The normalized spacial score (nSPS) is 30.6. The van der Waals surface area contributed by atoms with Gasteiger partial charge in [0.05, 0.1) is 24.0 Å². The second-order valence-corrected chi connectivity index (χ2v) is 6.20. The maximum Gasteiger partial charge on any atom is 0.152 e. The Morgan fingerprint density at radius 1 is 1.57 bits per heavy atom. The Balaban J connectivity index is 2.12. The summed E-state index contributed by atoms with van der Waals surface area (Å²) in [5, 5.41) is 0. The zero-order valence-electron chi connectivity index (χ0n) is 7.77. The van der Waals surface area contributed by atoms with Gasteiger partial charge in [-0.3, -0.25) is 0 Å². The van der Waals surface area contributed by atoms with Gasteiger partial charge in [0.25, 0.3) is 0 Å². The first-order valence-corrected chi connectivity index (χ1v) is 6.32.